The van der Waals surface area contributed by atoms with E-state index < -0.39 is 0 Å². The summed E-state index contributed by atoms with van der Waals surface area (Å²) in [6, 6.07) is 18.3. The predicted octanol–water partition coefficient (Wildman–Crippen LogP) is 6.31. The molecule has 4 heteroatoms. The van der Waals surface area contributed by atoms with Crippen molar-refractivity contribution in [2.75, 3.05) is 6.54 Å². The van der Waals surface area contributed by atoms with Crippen LogP contribution in [0, 0.1) is 13.8 Å². The van der Waals surface area contributed by atoms with E-state index in [1.54, 1.807) is 11.3 Å². The smallest absolute Gasteiger partial charge is 0.0815 e. The van der Waals surface area contributed by atoms with Gasteiger partial charge in [0.05, 0.1) is 15.7 Å². The molecule has 146 valence electrons. The second-order valence-electron chi connectivity index (χ2n) is 7.99. The van der Waals surface area contributed by atoms with Gasteiger partial charge in [0.25, 0.3) is 0 Å². The first-order chi connectivity index (χ1) is 14.2. The lowest BCUT2D eigenvalue weighted by Crippen LogP contribution is -2.23. The van der Waals surface area contributed by atoms with Crippen LogP contribution in [0.25, 0.3) is 21.3 Å². The van der Waals surface area contributed by atoms with Crippen molar-refractivity contribution in [1.82, 2.24) is 14.9 Å². The zero-order chi connectivity index (χ0) is 19.8. The largest absolute Gasteiger partial charge is 0.292 e. The lowest BCUT2D eigenvalue weighted by Gasteiger charge is -2.26. The molecule has 1 aliphatic heterocycles. The molecule has 1 atom stereocenters. The summed E-state index contributed by atoms with van der Waals surface area (Å²) in [5.41, 5.74) is 10.8. The number of rotatable bonds is 4. The number of nitrogens with zero attached hydrogens (tertiary/aromatic N) is 3. The summed E-state index contributed by atoms with van der Waals surface area (Å²) in [6.45, 7) is 6.46. The lowest BCUT2D eigenvalue weighted by atomic mass is 9.98. The average molecular weight is 400 g/mol. The SMILES string of the molecule is Cc1cc(-c2cccnc2C)ccc1CN1CCC[C@H]1c1ccc2scnc2c1. The number of hydrogen-bond donors (Lipinski definition) is 0. The highest BCUT2D eigenvalue weighted by atomic mass is 32.1. The van der Waals surface area contributed by atoms with Crippen molar-refractivity contribution in [1.29, 1.82) is 0 Å². The molecule has 3 heterocycles. The summed E-state index contributed by atoms with van der Waals surface area (Å²) in [5, 5.41) is 0. The number of fused-ring (bicyclic) bond motifs is 1. The Kier molecular flexibility index (Phi) is 4.90. The molecule has 4 aromatic rings. The van der Waals surface area contributed by atoms with E-state index in [0.717, 1.165) is 24.3 Å². The van der Waals surface area contributed by atoms with Gasteiger partial charge in [0.1, 0.15) is 0 Å². The van der Waals surface area contributed by atoms with Crippen LogP contribution in [0.4, 0.5) is 0 Å². The van der Waals surface area contributed by atoms with Gasteiger partial charge >= 0.3 is 0 Å². The molecular formula is C25H25N3S. The quantitative estimate of drug-likeness (QED) is 0.402. The van der Waals surface area contributed by atoms with Crippen LogP contribution in [0.5, 0.6) is 0 Å². The minimum atomic E-state index is 0.487. The van der Waals surface area contributed by atoms with Crippen LogP contribution in [0.2, 0.25) is 0 Å². The first kappa shape index (κ1) is 18.5. The molecule has 1 aliphatic rings. The highest BCUT2D eigenvalue weighted by Gasteiger charge is 2.26. The Morgan fingerprint density at radius 1 is 1.07 bits per heavy atom. The summed E-state index contributed by atoms with van der Waals surface area (Å²) in [4.78, 5) is 11.6. The minimum absolute atomic E-state index is 0.487. The standard InChI is InChI=1S/C25H25N3S/c1-17-13-19(22-5-3-11-26-18(22)2)7-8-21(17)15-28-12-4-6-24(28)20-9-10-25-23(14-20)27-16-29-25/h3,5,7-11,13-14,16,24H,4,6,12,15H2,1-2H3/t24-/m0/s1. The van der Waals surface area contributed by atoms with Crippen LogP contribution in [-0.4, -0.2) is 21.4 Å². The van der Waals surface area contributed by atoms with E-state index in [9.17, 15) is 0 Å². The summed E-state index contributed by atoms with van der Waals surface area (Å²) in [5.74, 6) is 0. The molecule has 0 spiro atoms. The predicted molar refractivity (Wildman–Crippen MR) is 121 cm³/mol. The summed E-state index contributed by atoms with van der Waals surface area (Å²) >= 11 is 1.72. The number of aromatic nitrogens is 2. The molecule has 0 unspecified atom stereocenters. The molecule has 2 aromatic carbocycles. The molecule has 2 aromatic heterocycles. The monoisotopic (exact) mass is 399 g/mol. The molecule has 1 fully saturated rings. The Morgan fingerprint density at radius 3 is 2.86 bits per heavy atom. The number of aryl methyl sites for hydroxylation is 2. The highest BCUT2D eigenvalue weighted by molar-refractivity contribution is 7.16. The van der Waals surface area contributed by atoms with Crippen molar-refractivity contribution in [2.24, 2.45) is 0 Å². The van der Waals surface area contributed by atoms with Gasteiger partial charge in [-0.05, 0) is 73.7 Å². The number of benzene rings is 2. The van der Waals surface area contributed by atoms with Gasteiger partial charge in [-0.25, -0.2) is 4.98 Å². The van der Waals surface area contributed by atoms with E-state index in [1.165, 1.54) is 45.4 Å². The van der Waals surface area contributed by atoms with Crippen molar-refractivity contribution in [2.45, 2.75) is 39.3 Å². The van der Waals surface area contributed by atoms with Crippen LogP contribution >= 0.6 is 11.3 Å². The normalized spacial score (nSPS) is 17.2. The maximum absolute atomic E-state index is 4.51. The van der Waals surface area contributed by atoms with Gasteiger partial charge in [0, 0.05) is 30.0 Å². The van der Waals surface area contributed by atoms with Gasteiger partial charge in [0.15, 0.2) is 0 Å². The molecule has 3 nitrogen and oxygen atoms in total. The first-order valence-corrected chi connectivity index (χ1v) is 11.2. The molecule has 29 heavy (non-hydrogen) atoms. The molecule has 0 aliphatic carbocycles. The van der Waals surface area contributed by atoms with Gasteiger partial charge in [-0.2, -0.15) is 0 Å². The van der Waals surface area contributed by atoms with E-state index in [0.29, 0.717) is 6.04 Å². The Bertz CT molecular complexity index is 1160. The van der Waals surface area contributed by atoms with Gasteiger partial charge in [-0.1, -0.05) is 30.3 Å². The lowest BCUT2D eigenvalue weighted by molar-refractivity contribution is 0.248. The number of likely N-dealkylation sites (tertiary alicyclic amines) is 1. The van der Waals surface area contributed by atoms with Crippen molar-refractivity contribution in [3.63, 3.8) is 0 Å². The van der Waals surface area contributed by atoms with Gasteiger partial charge in [-0.15, -0.1) is 11.3 Å². The molecule has 0 amide bonds. The summed E-state index contributed by atoms with van der Waals surface area (Å²) < 4.78 is 1.27. The summed E-state index contributed by atoms with van der Waals surface area (Å²) in [6.07, 6.45) is 4.34. The Balaban J connectivity index is 1.39. The Hall–Kier alpha value is -2.56. The van der Waals surface area contributed by atoms with Crippen LogP contribution in [0.3, 0.4) is 0 Å². The Labute approximate surface area is 176 Å². The second-order valence-corrected chi connectivity index (χ2v) is 8.87. The van der Waals surface area contributed by atoms with Gasteiger partial charge < -0.3 is 0 Å². The highest BCUT2D eigenvalue weighted by Crippen LogP contribution is 2.35. The topological polar surface area (TPSA) is 29.0 Å². The summed E-state index contributed by atoms with van der Waals surface area (Å²) in [7, 11) is 0. The van der Waals surface area contributed by atoms with Crippen LogP contribution in [-0.2, 0) is 6.54 Å². The van der Waals surface area contributed by atoms with Gasteiger partial charge in [-0.3, -0.25) is 9.88 Å². The van der Waals surface area contributed by atoms with E-state index in [1.807, 2.05) is 17.8 Å². The molecule has 1 saturated heterocycles. The zero-order valence-corrected chi connectivity index (χ0v) is 17.7. The maximum atomic E-state index is 4.51. The van der Waals surface area contributed by atoms with Crippen molar-refractivity contribution >= 4 is 21.6 Å². The molecule has 0 bridgehead atoms. The number of hydrogen-bond acceptors (Lipinski definition) is 4. The van der Waals surface area contributed by atoms with Crippen molar-refractivity contribution < 1.29 is 0 Å². The van der Waals surface area contributed by atoms with Gasteiger partial charge in [0.2, 0.25) is 0 Å². The fourth-order valence-electron chi connectivity index (χ4n) is 4.52. The second kappa shape index (κ2) is 7.69. The zero-order valence-electron chi connectivity index (χ0n) is 16.9. The van der Waals surface area contributed by atoms with E-state index >= 15 is 0 Å². The van der Waals surface area contributed by atoms with E-state index in [-0.39, 0.29) is 0 Å². The van der Waals surface area contributed by atoms with Crippen LogP contribution in [0.15, 0.2) is 60.2 Å². The first-order valence-electron chi connectivity index (χ1n) is 10.3. The molecule has 0 N–H and O–H groups in total. The average Bonchev–Trinajstić information content (AvgIpc) is 3.38. The van der Waals surface area contributed by atoms with E-state index in [2.05, 4.69) is 71.2 Å². The fraction of sp³-hybridized carbons (Fsp3) is 0.280. The van der Waals surface area contributed by atoms with E-state index in [4.69, 9.17) is 0 Å². The van der Waals surface area contributed by atoms with Crippen LogP contribution in [0.1, 0.15) is 41.3 Å². The third-order valence-corrected chi connectivity index (χ3v) is 6.95. The third kappa shape index (κ3) is 3.59. The third-order valence-electron chi connectivity index (χ3n) is 6.14. The molecule has 5 rings (SSSR count). The maximum Gasteiger partial charge on any atom is 0.0815 e. The molecule has 0 radical (unpaired) electrons. The molecule has 0 saturated carbocycles. The van der Waals surface area contributed by atoms with Crippen molar-refractivity contribution in [3.8, 4) is 11.1 Å². The van der Waals surface area contributed by atoms with Crippen LogP contribution < -0.4 is 0 Å². The number of thiazole rings is 1. The number of pyridine rings is 1. The van der Waals surface area contributed by atoms with Crippen molar-refractivity contribution in [3.05, 3.63) is 82.6 Å². The minimum Gasteiger partial charge on any atom is -0.292 e. The fourth-order valence-corrected chi connectivity index (χ4v) is 5.18. The Morgan fingerprint density at radius 2 is 2.00 bits per heavy atom. The molecular weight excluding hydrogens is 374 g/mol.